The van der Waals surface area contributed by atoms with Crippen molar-refractivity contribution in [3.63, 3.8) is 0 Å². The van der Waals surface area contributed by atoms with Crippen LogP contribution in [0.1, 0.15) is 32.6 Å². The van der Waals surface area contributed by atoms with Gasteiger partial charge in [0.25, 0.3) is 0 Å². The Hall–Kier alpha value is -0.820. The number of carbonyl (C=O) groups is 1. The molecule has 2 aliphatic heterocycles. The third-order valence-electron chi connectivity index (χ3n) is 5.01. The van der Waals surface area contributed by atoms with Gasteiger partial charge in [-0.1, -0.05) is 6.92 Å². The molecule has 3 unspecified atom stereocenters. The van der Waals surface area contributed by atoms with Crippen molar-refractivity contribution >= 4 is 5.91 Å². The van der Waals surface area contributed by atoms with Crippen molar-refractivity contribution in [2.75, 3.05) is 39.3 Å². The highest BCUT2D eigenvalue weighted by atomic mass is 19.4. The highest BCUT2D eigenvalue weighted by Crippen LogP contribution is 2.24. The number of alkyl halides is 3. The quantitative estimate of drug-likeness (QED) is 0.780. The summed E-state index contributed by atoms with van der Waals surface area (Å²) in [6.45, 7) is 4.67. The number of hydrogen-bond acceptors (Lipinski definition) is 3. The lowest BCUT2D eigenvalue weighted by Gasteiger charge is -2.28. The molecule has 0 bridgehead atoms. The standard InChI is InChI=1S/C16H28F3N3O/c1-12(14-3-2-5-20-9-14)7-15(23)21-8-13-4-6-22(10-13)11-16(17,18)19/h12-14,20H,2-11H2,1H3,(H,21,23). The molecule has 0 aromatic heterocycles. The monoisotopic (exact) mass is 335 g/mol. The molecule has 3 atom stereocenters. The number of hydrogen-bond donors (Lipinski definition) is 2. The van der Waals surface area contributed by atoms with Crippen LogP contribution >= 0.6 is 0 Å². The molecular formula is C16H28F3N3O. The Morgan fingerprint density at radius 2 is 2.17 bits per heavy atom. The SMILES string of the molecule is CC(CC(=O)NCC1CCN(CC(F)(F)F)C1)C1CCCNC1. The van der Waals surface area contributed by atoms with Crippen LogP contribution in [0.3, 0.4) is 0 Å². The normalized spacial score (nSPS) is 27.8. The van der Waals surface area contributed by atoms with Gasteiger partial charge >= 0.3 is 6.18 Å². The maximum Gasteiger partial charge on any atom is 0.401 e. The summed E-state index contributed by atoms with van der Waals surface area (Å²) in [6, 6.07) is 0. The van der Waals surface area contributed by atoms with Crippen LogP contribution in [0.15, 0.2) is 0 Å². The summed E-state index contributed by atoms with van der Waals surface area (Å²) in [4.78, 5) is 13.5. The molecular weight excluding hydrogens is 307 g/mol. The van der Waals surface area contributed by atoms with Gasteiger partial charge in [0.05, 0.1) is 6.54 Å². The minimum absolute atomic E-state index is 0.0253. The molecule has 0 saturated carbocycles. The Balaban J connectivity index is 1.63. The predicted octanol–water partition coefficient (Wildman–Crippen LogP) is 2.01. The maximum atomic E-state index is 12.4. The Morgan fingerprint density at radius 3 is 2.83 bits per heavy atom. The number of likely N-dealkylation sites (tertiary alicyclic amines) is 1. The van der Waals surface area contributed by atoms with Crippen molar-refractivity contribution in [1.29, 1.82) is 0 Å². The highest BCUT2D eigenvalue weighted by molar-refractivity contribution is 5.76. The first kappa shape index (κ1) is 18.5. The van der Waals surface area contributed by atoms with E-state index in [1.165, 1.54) is 4.90 Å². The van der Waals surface area contributed by atoms with E-state index in [0.717, 1.165) is 32.4 Å². The van der Waals surface area contributed by atoms with Crippen LogP contribution in [0.2, 0.25) is 0 Å². The summed E-state index contributed by atoms with van der Waals surface area (Å²) < 4.78 is 37.1. The second kappa shape index (κ2) is 8.33. The fraction of sp³-hybridized carbons (Fsp3) is 0.938. The Bertz CT molecular complexity index is 383. The number of rotatable bonds is 6. The average Bonchev–Trinajstić information content (AvgIpc) is 2.91. The van der Waals surface area contributed by atoms with Gasteiger partial charge in [-0.25, -0.2) is 0 Å². The number of halogens is 3. The zero-order valence-corrected chi connectivity index (χ0v) is 13.8. The number of nitrogens with one attached hydrogen (secondary N) is 2. The van der Waals surface area contributed by atoms with Crippen LogP contribution in [0.25, 0.3) is 0 Å². The highest BCUT2D eigenvalue weighted by Gasteiger charge is 2.34. The molecule has 2 heterocycles. The number of amides is 1. The van der Waals surface area contributed by atoms with Gasteiger partial charge in [0.1, 0.15) is 0 Å². The first-order chi connectivity index (χ1) is 10.8. The van der Waals surface area contributed by atoms with E-state index in [-0.39, 0.29) is 11.8 Å². The van der Waals surface area contributed by atoms with Crippen LogP contribution in [0.5, 0.6) is 0 Å². The molecule has 7 heteroatoms. The molecule has 134 valence electrons. The summed E-state index contributed by atoms with van der Waals surface area (Å²) >= 11 is 0. The topological polar surface area (TPSA) is 44.4 Å². The fourth-order valence-electron chi connectivity index (χ4n) is 3.63. The first-order valence-electron chi connectivity index (χ1n) is 8.60. The second-order valence-electron chi connectivity index (χ2n) is 7.10. The fourth-order valence-corrected chi connectivity index (χ4v) is 3.63. The summed E-state index contributed by atoms with van der Waals surface area (Å²) in [5.41, 5.74) is 0. The van der Waals surface area contributed by atoms with Gasteiger partial charge in [-0.2, -0.15) is 13.2 Å². The zero-order chi connectivity index (χ0) is 16.9. The van der Waals surface area contributed by atoms with Gasteiger partial charge in [0.2, 0.25) is 5.91 Å². The van der Waals surface area contributed by atoms with Gasteiger partial charge < -0.3 is 10.6 Å². The van der Waals surface area contributed by atoms with E-state index in [0.29, 0.717) is 37.9 Å². The smallest absolute Gasteiger partial charge is 0.356 e. The van der Waals surface area contributed by atoms with Gasteiger partial charge in [-0.3, -0.25) is 9.69 Å². The van der Waals surface area contributed by atoms with Crippen molar-refractivity contribution in [2.45, 2.75) is 38.8 Å². The van der Waals surface area contributed by atoms with Crippen molar-refractivity contribution in [1.82, 2.24) is 15.5 Å². The van der Waals surface area contributed by atoms with E-state index in [2.05, 4.69) is 17.6 Å². The molecule has 2 saturated heterocycles. The van der Waals surface area contributed by atoms with Gasteiger partial charge in [0, 0.05) is 19.5 Å². The van der Waals surface area contributed by atoms with Crippen molar-refractivity contribution in [3.8, 4) is 0 Å². The molecule has 0 radical (unpaired) electrons. The van der Waals surface area contributed by atoms with Gasteiger partial charge in [0.15, 0.2) is 0 Å². The Morgan fingerprint density at radius 1 is 1.39 bits per heavy atom. The average molecular weight is 335 g/mol. The molecule has 2 rings (SSSR count). The molecule has 1 amide bonds. The molecule has 4 nitrogen and oxygen atoms in total. The van der Waals surface area contributed by atoms with Crippen LogP contribution < -0.4 is 10.6 Å². The molecule has 0 aromatic carbocycles. The predicted molar refractivity (Wildman–Crippen MR) is 83.0 cm³/mol. The lowest BCUT2D eigenvalue weighted by atomic mass is 9.85. The maximum absolute atomic E-state index is 12.4. The van der Waals surface area contributed by atoms with Gasteiger partial charge in [-0.05, 0) is 56.7 Å². The van der Waals surface area contributed by atoms with Crippen molar-refractivity contribution in [3.05, 3.63) is 0 Å². The van der Waals surface area contributed by atoms with Crippen LogP contribution in [0, 0.1) is 17.8 Å². The third kappa shape index (κ3) is 6.67. The minimum Gasteiger partial charge on any atom is -0.356 e. The van der Waals surface area contributed by atoms with E-state index in [9.17, 15) is 18.0 Å². The largest absolute Gasteiger partial charge is 0.401 e. The molecule has 2 aliphatic rings. The van der Waals surface area contributed by atoms with E-state index in [4.69, 9.17) is 0 Å². The summed E-state index contributed by atoms with van der Waals surface area (Å²) in [6.07, 6.45) is -0.588. The molecule has 0 aliphatic carbocycles. The first-order valence-corrected chi connectivity index (χ1v) is 8.60. The summed E-state index contributed by atoms with van der Waals surface area (Å²) in [5.74, 6) is 1.04. The molecule has 0 aromatic rings. The van der Waals surface area contributed by atoms with Crippen molar-refractivity contribution < 1.29 is 18.0 Å². The van der Waals surface area contributed by atoms with Crippen LogP contribution in [-0.4, -0.2) is 56.3 Å². The lowest BCUT2D eigenvalue weighted by Crippen LogP contribution is -2.37. The van der Waals surface area contributed by atoms with E-state index in [1.54, 1.807) is 0 Å². The Kier molecular flexibility index (Phi) is 6.71. The zero-order valence-electron chi connectivity index (χ0n) is 13.8. The molecule has 2 N–H and O–H groups in total. The summed E-state index contributed by atoms with van der Waals surface area (Å²) in [5, 5.41) is 6.27. The number of carbonyl (C=O) groups excluding carboxylic acids is 1. The van der Waals surface area contributed by atoms with E-state index in [1.807, 2.05) is 0 Å². The number of nitrogens with zero attached hydrogens (tertiary/aromatic N) is 1. The van der Waals surface area contributed by atoms with Crippen LogP contribution in [-0.2, 0) is 4.79 Å². The molecule has 0 spiro atoms. The third-order valence-corrected chi connectivity index (χ3v) is 5.01. The molecule has 23 heavy (non-hydrogen) atoms. The lowest BCUT2D eigenvalue weighted by molar-refractivity contribution is -0.143. The summed E-state index contributed by atoms with van der Waals surface area (Å²) in [7, 11) is 0. The van der Waals surface area contributed by atoms with E-state index >= 15 is 0 Å². The minimum atomic E-state index is -4.14. The van der Waals surface area contributed by atoms with E-state index < -0.39 is 12.7 Å². The van der Waals surface area contributed by atoms with Crippen molar-refractivity contribution in [2.24, 2.45) is 17.8 Å². The second-order valence-corrected chi connectivity index (χ2v) is 7.10. The Labute approximate surface area is 136 Å². The number of piperidine rings is 1. The van der Waals surface area contributed by atoms with Crippen LogP contribution in [0.4, 0.5) is 13.2 Å². The van der Waals surface area contributed by atoms with Gasteiger partial charge in [-0.15, -0.1) is 0 Å². The molecule has 2 fully saturated rings.